The Morgan fingerprint density at radius 3 is 2.67 bits per heavy atom. The highest BCUT2D eigenvalue weighted by molar-refractivity contribution is 6.02. The molecular formula is C23H22N4O3. The molecule has 0 spiro atoms. The number of fused-ring (bicyclic) bond motifs is 1. The van der Waals surface area contributed by atoms with Crippen LogP contribution in [0.25, 0.3) is 22.3 Å². The molecule has 4 rings (SSSR count). The number of benzene rings is 2. The summed E-state index contributed by atoms with van der Waals surface area (Å²) in [5.74, 6) is -0.924. The van der Waals surface area contributed by atoms with Crippen molar-refractivity contribution in [3.8, 4) is 5.69 Å². The molecule has 7 heteroatoms. The predicted molar refractivity (Wildman–Crippen MR) is 115 cm³/mol. The Hall–Kier alpha value is -3.84. The number of carbonyl (C=O) groups is 1. The van der Waals surface area contributed by atoms with Crippen LogP contribution >= 0.6 is 0 Å². The van der Waals surface area contributed by atoms with Crippen LogP contribution in [0.5, 0.6) is 0 Å². The van der Waals surface area contributed by atoms with Crippen LogP contribution in [0.3, 0.4) is 0 Å². The minimum Gasteiger partial charge on any atom is -0.478 e. The number of rotatable bonds is 8. The number of nitrogens with one attached hydrogen (secondary N) is 1. The van der Waals surface area contributed by atoms with Crippen molar-refractivity contribution in [2.75, 3.05) is 6.61 Å². The quantitative estimate of drug-likeness (QED) is 0.342. The first-order valence-electron chi connectivity index (χ1n) is 9.63. The Morgan fingerprint density at radius 1 is 1.13 bits per heavy atom. The Balaban J connectivity index is 1.36. The zero-order chi connectivity index (χ0) is 20.9. The van der Waals surface area contributed by atoms with E-state index in [0.29, 0.717) is 18.7 Å². The summed E-state index contributed by atoms with van der Waals surface area (Å²) >= 11 is 0. The van der Waals surface area contributed by atoms with E-state index in [1.165, 1.54) is 0 Å². The van der Waals surface area contributed by atoms with Crippen LogP contribution in [-0.4, -0.2) is 32.0 Å². The molecule has 30 heavy (non-hydrogen) atoms. The lowest BCUT2D eigenvalue weighted by Crippen LogP contribution is -2.17. The molecule has 152 valence electrons. The third-order valence-electron chi connectivity index (χ3n) is 4.90. The maximum Gasteiger partial charge on any atom is 0.336 e. The fourth-order valence-electron chi connectivity index (χ4n) is 3.38. The zero-order valence-electron chi connectivity index (χ0n) is 16.5. The zero-order valence-corrected chi connectivity index (χ0v) is 16.5. The number of allylic oxidation sites excluding steroid dienone is 1. The van der Waals surface area contributed by atoms with E-state index in [0.717, 1.165) is 27.9 Å². The third kappa shape index (κ3) is 3.97. The monoisotopic (exact) mass is 402 g/mol. The summed E-state index contributed by atoms with van der Waals surface area (Å²) in [6, 6.07) is 17.0. The van der Waals surface area contributed by atoms with Crippen molar-refractivity contribution in [2.24, 2.45) is 0 Å². The predicted octanol–water partition coefficient (Wildman–Crippen LogP) is 4.11. The summed E-state index contributed by atoms with van der Waals surface area (Å²) < 4.78 is 3.79. The third-order valence-corrected chi connectivity index (χ3v) is 4.90. The lowest BCUT2D eigenvalue weighted by molar-refractivity contribution is 0.0699. The summed E-state index contributed by atoms with van der Waals surface area (Å²) in [6.07, 6.45) is 7.48. The summed E-state index contributed by atoms with van der Waals surface area (Å²) in [7, 11) is 0. The van der Waals surface area contributed by atoms with Gasteiger partial charge in [-0.1, -0.05) is 24.3 Å². The Labute approximate surface area is 173 Å². The van der Waals surface area contributed by atoms with Crippen molar-refractivity contribution in [3.05, 3.63) is 90.4 Å². The lowest BCUT2D eigenvalue weighted by Gasteiger charge is -2.13. The molecule has 0 aliphatic rings. The van der Waals surface area contributed by atoms with E-state index in [4.69, 9.17) is 4.84 Å². The van der Waals surface area contributed by atoms with E-state index in [1.807, 2.05) is 72.4 Å². The van der Waals surface area contributed by atoms with Crippen LogP contribution in [0.2, 0.25) is 0 Å². The molecule has 0 radical (unpaired) electrons. The van der Waals surface area contributed by atoms with Crippen LogP contribution < -0.4 is 5.48 Å². The van der Waals surface area contributed by atoms with Gasteiger partial charge in [0.15, 0.2) is 0 Å². The molecule has 0 aliphatic carbocycles. The second kappa shape index (κ2) is 8.67. The normalized spacial score (nSPS) is 11.7. The van der Waals surface area contributed by atoms with E-state index < -0.39 is 5.97 Å². The van der Waals surface area contributed by atoms with Gasteiger partial charge < -0.3 is 9.67 Å². The summed E-state index contributed by atoms with van der Waals surface area (Å²) in [4.78, 5) is 17.0. The van der Waals surface area contributed by atoms with E-state index >= 15 is 0 Å². The standard InChI is InChI=1S/C23H22N4O3/c1-2-21(17-7-9-18(10-8-17)27-13-4-12-24-27)25-30-16-15-26-14-11-19-20(23(28)29)5-3-6-22(19)26/h2-14,25H,15-16H2,1H3,(H,28,29). The molecule has 0 atom stereocenters. The molecule has 4 aromatic rings. The molecular weight excluding hydrogens is 380 g/mol. The van der Waals surface area contributed by atoms with Gasteiger partial charge in [0.05, 0.1) is 23.6 Å². The summed E-state index contributed by atoms with van der Waals surface area (Å²) in [6.45, 7) is 2.96. The topological polar surface area (TPSA) is 81.3 Å². The van der Waals surface area contributed by atoms with Crippen LogP contribution in [0.15, 0.2) is 79.3 Å². The van der Waals surface area contributed by atoms with Crippen molar-refractivity contribution < 1.29 is 14.7 Å². The molecule has 7 nitrogen and oxygen atoms in total. The maximum atomic E-state index is 11.4. The first kappa shape index (κ1) is 19.5. The second-order valence-electron chi connectivity index (χ2n) is 6.70. The van der Waals surface area contributed by atoms with Crippen LogP contribution in [0.4, 0.5) is 0 Å². The van der Waals surface area contributed by atoms with Crippen molar-refractivity contribution in [3.63, 3.8) is 0 Å². The Morgan fingerprint density at radius 2 is 1.97 bits per heavy atom. The van der Waals surface area contributed by atoms with Gasteiger partial charge >= 0.3 is 5.97 Å². The fourth-order valence-corrected chi connectivity index (χ4v) is 3.38. The van der Waals surface area contributed by atoms with Gasteiger partial charge in [0.2, 0.25) is 0 Å². The summed E-state index contributed by atoms with van der Waals surface area (Å²) in [5, 5.41) is 14.3. The van der Waals surface area contributed by atoms with Gasteiger partial charge in [0.1, 0.15) is 0 Å². The molecule has 0 saturated heterocycles. The highest BCUT2D eigenvalue weighted by Gasteiger charge is 2.10. The number of aromatic nitrogens is 3. The smallest absolute Gasteiger partial charge is 0.336 e. The molecule has 2 aromatic carbocycles. The Bertz CT molecular complexity index is 1180. The van der Waals surface area contributed by atoms with E-state index in [2.05, 4.69) is 10.6 Å². The number of nitrogens with zero attached hydrogens (tertiary/aromatic N) is 3. The molecule has 2 heterocycles. The number of hydroxylamine groups is 1. The molecule has 0 saturated carbocycles. The average molecular weight is 402 g/mol. The molecule has 2 N–H and O–H groups in total. The first-order valence-corrected chi connectivity index (χ1v) is 9.63. The van der Waals surface area contributed by atoms with Crippen LogP contribution in [-0.2, 0) is 11.4 Å². The van der Waals surface area contributed by atoms with Gasteiger partial charge in [0.25, 0.3) is 0 Å². The van der Waals surface area contributed by atoms with Gasteiger partial charge in [-0.25, -0.2) is 9.48 Å². The molecule has 0 unspecified atom stereocenters. The first-order chi connectivity index (χ1) is 14.7. The van der Waals surface area contributed by atoms with Crippen molar-refractivity contribution >= 4 is 22.6 Å². The minimum absolute atomic E-state index is 0.306. The number of aromatic carboxylic acids is 1. The largest absolute Gasteiger partial charge is 0.478 e. The molecule has 0 amide bonds. The minimum atomic E-state index is -0.924. The van der Waals surface area contributed by atoms with Gasteiger partial charge in [-0.15, -0.1) is 0 Å². The SMILES string of the molecule is CC=C(NOCCn1ccc2c(C(=O)O)cccc21)c1ccc(-n2cccn2)cc1. The number of carboxylic acid groups (broad SMARTS) is 1. The molecule has 0 fully saturated rings. The molecule has 0 bridgehead atoms. The van der Waals surface area contributed by atoms with Crippen molar-refractivity contribution in [1.29, 1.82) is 0 Å². The number of carboxylic acids is 1. The van der Waals surface area contributed by atoms with Crippen LogP contribution in [0, 0.1) is 0 Å². The van der Waals surface area contributed by atoms with Gasteiger partial charge in [-0.05, 0) is 48.9 Å². The highest BCUT2D eigenvalue weighted by Crippen LogP contribution is 2.20. The van der Waals surface area contributed by atoms with Crippen molar-refractivity contribution in [2.45, 2.75) is 13.5 Å². The number of hydrogen-bond acceptors (Lipinski definition) is 4. The Kier molecular flexibility index (Phi) is 5.63. The lowest BCUT2D eigenvalue weighted by atomic mass is 10.1. The highest BCUT2D eigenvalue weighted by atomic mass is 16.6. The van der Waals surface area contributed by atoms with E-state index in [1.54, 1.807) is 23.0 Å². The van der Waals surface area contributed by atoms with Crippen molar-refractivity contribution in [1.82, 2.24) is 19.8 Å². The van der Waals surface area contributed by atoms with Gasteiger partial charge in [-0.3, -0.25) is 10.3 Å². The maximum absolute atomic E-state index is 11.4. The van der Waals surface area contributed by atoms with Crippen LogP contribution in [0.1, 0.15) is 22.8 Å². The van der Waals surface area contributed by atoms with Gasteiger partial charge in [-0.2, -0.15) is 5.10 Å². The second-order valence-corrected chi connectivity index (χ2v) is 6.70. The molecule has 0 aliphatic heterocycles. The summed E-state index contributed by atoms with van der Waals surface area (Å²) in [5.41, 5.74) is 7.05. The van der Waals surface area contributed by atoms with E-state index in [-0.39, 0.29) is 0 Å². The average Bonchev–Trinajstić information content (AvgIpc) is 3.44. The number of hydrogen-bond donors (Lipinski definition) is 2. The fraction of sp³-hybridized carbons (Fsp3) is 0.130. The van der Waals surface area contributed by atoms with Gasteiger partial charge in [0, 0.05) is 36.0 Å². The molecule has 2 aromatic heterocycles. The van der Waals surface area contributed by atoms with E-state index in [9.17, 15) is 9.90 Å².